The van der Waals surface area contributed by atoms with Crippen LogP contribution < -0.4 is 11.1 Å². The third-order valence-electron chi connectivity index (χ3n) is 5.75. The number of nitrogens with two attached hydrogens (primary N) is 1. The Morgan fingerprint density at radius 3 is 2.71 bits per heavy atom. The molecule has 1 aliphatic heterocycles. The van der Waals surface area contributed by atoms with E-state index in [1.165, 1.54) is 12.0 Å². The average Bonchev–Trinajstić information content (AvgIpc) is 2.96. The second-order valence-electron chi connectivity index (χ2n) is 7.72. The number of hydrogen-bond acceptors (Lipinski definition) is 3. The zero-order valence-corrected chi connectivity index (χ0v) is 14.8. The van der Waals surface area contributed by atoms with E-state index in [4.69, 9.17) is 5.73 Å². The van der Waals surface area contributed by atoms with Crippen LogP contribution in [0.4, 0.5) is 0 Å². The van der Waals surface area contributed by atoms with Crippen molar-refractivity contribution in [2.24, 2.45) is 17.6 Å². The van der Waals surface area contributed by atoms with Crippen molar-refractivity contribution in [3.05, 3.63) is 35.9 Å². The van der Waals surface area contributed by atoms with E-state index < -0.39 is 0 Å². The summed E-state index contributed by atoms with van der Waals surface area (Å²) in [6.07, 6.45) is 5.01. The lowest BCUT2D eigenvalue weighted by atomic mass is 9.92. The van der Waals surface area contributed by atoms with Gasteiger partial charge in [0.2, 0.25) is 5.91 Å². The lowest BCUT2D eigenvalue weighted by Gasteiger charge is -2.37. The van der Waals surface area contributed by atoms with Crippen molar-refractivity contribution < 1.29 is 4.79 Å². The highest BCUT2D eigenvalue weighted by Gasteiger charge is 2.30. The summed E-state index contributed by atoms with van der Waals surface area (Å²) in [5, 5.41) is 3.28. The molecule has 3 rings (SSSR count). The van der Waals surface area contributed by atoms with Crippen LogP contribution in [0.15, 0.2) is 30.3 Å². The van der Waals surface area contributed by atoms with Gasteiger partial charge in [-0.3, -0.25) is 9.69 Å². The minimum Gasteiger partial charge on any atom is -0.353 e. The Hall–Kier alpha value is -1.39. The van der Waals surface area contributed by atoms with Gasteiger partial charge in [0.1, 0.15) is 0 Å². The molecule has 1 saturated heterocycles. The van der Waals surface area contributed by atoms with Crippen molar-refractivity contribution in [3.63, 3.8) is 0 Å². The largest absolute Gasteiger partial charge is 0.353 e. The highest BCUT2D eigenvalue weighted by molar-refractivity contribution is 5.76. The predicted molar refractivity (Wildman–Crippen MR) is 97.4 cm³/mol. The molecule has 24 heavy (non-hydrogen) atoms. The number of likely N-dealkylation sites (tertiary alicyclic amines) is 1. The Morgan fingerprint density at radius 2 is 2.04 bits per heavy atom. The maximum atomic E-state index is 12.4. The molecule has 1 aliphatic carbocycles. The van der Waals surface area contributed by atoms with E-state index in [9.17, 15) is 4.79 Å². The van der Waals surface area contributed by atoms with Gasteiger partial charge in [0.05, 0.1) is 0 Å². The van der Waals surface area contributed by atoms with Crippen molar-refractivity contribution in [3.8, 4) is 0 Å². The summed E-state index contributed by atoms with van der Waals surface area (Å²) >= 11 is 0. The Labute approximate surface area is 145 Å². The standard InChI is InChI=1S/C20H31N3O/c1-15-13-23(14-16-6-3-2-4-7-16)11-10-19(15)22-20(24)12-17-8-5-9-18(17)21/h2-4,6-7,15,17-19H,5,8-14,21H2,1H3,(H,22,24)/t15?,17-,18+,19?/m0/s1. The number of piperidine rings is 1. The van der Waals surface area contributed by atoms with Crippen LogP contribution in [0.3, 0.4) is 0 Å². The van der Waals surface area contributed by atoms with Crippen molar-refractivity contribution >= 4 is 5.91 Å². The van der Waals surface area contributed by atoms with Crippen LogP contribution in [-0.4, -0.2) is 36.0 Å². The minimum absolute atomic E-state index is 0.200. The fraction of sp³-hybridized carbons (Fsp3) is 0.650. The van der Waals surface area contributed by atoms with Crippen LogP contribution in [0.5, 0.6) is 0 Å². The molecule has 2 unspecified atom stereocenters. The Kier molecular flexibility index (Phi) is 5.90. The van der Waals surface area contributed by atoms with Crippen LogP contribution in [-0.2, 0) is 11.3 Å². The molecule has 1 heterocycles. The van der Waals surface area contributed by atoms with Crippen LogP contribution >= 0.6 is 0 Å². The van der Waals surface area contributed by atoms with Crippen LogP contribution in [0.25, 0.3) is 0 Å². The summed E-state index contributed by atoms with van der Waals surface area (Å²) in [6.45, 7) is 5.35. The van der Waals surface area contributed by atoms with Gasteiger partial charge in [-0.15, -0.1) is 0 Å². The molecule has 4 atom stereocenters. The van der Waals surface area contributed by atoms with Gasteiger partial charge in [-0.05, 0) is 36.7 Å². The number of nitrogens with zero attached hydrogens (tertiary/aromatic N) is 1. The summed E-state index contributed by atoms with van der Waals surface area (Å²) in [5.74, 6) is 1.08. The smallest absolute Gasteiger partial charge is 0.220 e. The van der Waals surface area contributed by atoms with E-state index in [2.05, 4.69) is 47.5 Å². The molecule has 0 spiro atoms. The van der Waals surface area contributed by atoms with Gasteiger partial charge in [-0.2, -0.15) is 0 Å². The highest BCUT2D eigenvalue weighted by Crippen LogP contribution is 2.27. The van der Waals surface area contributed by atoms with E-state index in [0.29, 0.717) is 24.3 Å². The maximum Gasteiger partial charge on any atom is 0.220 e. The SMILES string of the molecule is CC1CN(Cc2ccccc2)CCC1NC(=O)C[C@@H]1CCC[C@H]1N. The zero-order chi connectivity index (χ0) is 16.9. The molecule has 4 heteroatoms. The Morgan fingerprint density at radius 1 is 1.25 bits per heavy atom. The zero-order valence-electron chi connectivity index (χ0n) is 14.8. The molecule has 132 valence electrons. The second-order valence-corrected chi connectivity index (χ2v) is 7.72. The molecule has 1 saturated carbocycles. The van der Waals surface area contributed by atoms with Gasteiger partial charge in [-0.25, -0.2) is 0 Å². The second kappa shape index (κ2) is 8.13. The van der Waals surface area contributed by atoms with E-state index in [-0.39, 0.29) is 11.9 Å². The van der Waals surface area contributed by atoms with Gasteiger partial charge in [0.15, 0.2) is 0 Å². The van der Waals surface area contributed by atoms with Gasteiger partial charge in [0, 0.05) is 38.1 Å². The fourth-order valence-electron chi connectivity index (χ4n) is 4.25. The number of nitrogens with one attached hydrogen (secondary N) is 1. The number of benzene rings is 1. The lowest BCUT2D eigenvalue weighted by Crippen LogP contribution is -2.50. The summed E-state index contributed by atoms with van der Waals surface area (Å²) in [4.78, 5) is 14.8. The minimum atomic E-state index is 0.200. The van der Waals surface area contributed by atoms with Crippen molar-refractivity contribution in [1.29, 1.82) is 0 Å². The monoisotopic (exact) mass is 329 g/mol. The average molecular weight is 329 g/mol. The first-order chi connectivity index (χ1) is 11.6. The first-order valence-corrected chi connectivity index (χ1v) is 9.43. The Balaban J connectivity index is 1.44. The first kappa shape index (κ1) is 17.4. The van der Waals surface area contributed by atoms with Crippen LogP contribution in [0, 0.1) is 11.8 Å². The summed E-state index contributed by atoms with van der Waals surface area (Å²) in [5.41, 5.74) is 7.46. The number of rotatable bonds is 5. The molecule has 0 bridgehead atoms. The van der Waals surface area contributed by atoms with Crippen LogP contribution in [0.1, 0.15) is 44.6 Å². The van der Waals surface area contributed by atoms with Crippen molar-refractivity contribution in [1.82, 2.24) is 10.2 Å². The molecule has 0 radical (unpaired) electrons. The first-order valence-electron chi connectivity index (χ1n) is 9.43. The normalized spacial score (nSPS) is 31.1. The van der Waals surface area contributed by atoms with Gasteiger partial charge < -0.3 is 11.1 Å². The number of hydrogen-bond donors (Lipinski definition) is 2. The van der Waals surface area contributed by atoms with Crippen molar-refractivity contribution in [2.75, 3.05) is 13.1 Å². The quantitative estimate of drug-likeness (QED) is 0.873. The molecule has 1 aromatic rings. The fourth-order valence-corrected chi connectivity index (χ4v) is 4.25. The number of amides is 1. The lowest BCUT2D eigenvalue weighted by molar-refractivity contribution is -0.123. The summed E-state index contributed by atoms with van der Waals surface area (Å²) < 4.78 is 0. The molecule has 3 N–H and O–H groups in total. The molecule has 4 nitrogen and oxygen atoms in total. The molecular formula is C20H31N3O. The molecule has 0 aromatic heterocycles. The summed E-state index contributed by atoms with van der Waals surface area (Å²) in [6, 6.07) is 11.2. The maximum absolute atomic E-state index is 12.4. The van der Waals surface area contributed by atoms with E-state index in [1.807, 2.05) is 0 Å². The molecule has 2 aliphatic rings. The van der Waals surface area contributed by atoms with Crippen molar-refractivity contribution in [2.45, 2.75) is 57.7 Å². The van der Waals surface area contributed by atoms with Gasteiger partial charge >= 0.3 is 0 Å². The third kappa shape index (κ3) is 4.58. The van der Waals surface area contributed by atoms with Gasteiger partial charge in [0.25, 0.3) is 0 Å². The number of carbonyl (C=O) groups is 1. The van der Waals surface area contributed by atoms with Crippen LogP contribution in [0.2, 0.25) is 0 Å². The Bertz CT molecular complexity index is 533. The third-order valence-corrected chi connectivity index (χ3v) is 5.75. The molecule has 1 aromatic carbocycles. The molecule has 1 amide bonds. The van der Waals surface area contributed by atoms with Gasteiger partial charge in [-0.1, -0.05) is 43.7 Å². The molecular weight excluding hydrogens is 298 g/mol. The van der Waals surface area contributed by atoms with E-state index in [0.717, 1.165) is 38.9 Å². The topological polar surface area (TPSA) is 58.4 Å². The van der Waals surface area contributed by atoms with E-state index >= 15 is 0 Å². The predicted octanol–water partition coefficient (Wildman–Crippen LogP) is 2.53. The molecule has 2 fully saturated rings. The summed E-state index contributed by atoms with van der Waals surface area (Å²) in [7, 11) is 0. The highest BCUT2D eigenvalue weighted by atomic mass is 16.1. The number of carbonyl (C=O) groups excluding carboxylic acids is 1. The van der Waals surface area contributed by atoms with E-state index in [1.54, 1.807) is 0 Å².